The second kappa shape index (κ2) is 11.0. The highest BCUT2D eigenvalue weighted by molar-refractivity contribution is 5.43. The molecule has 1 atom stereocenters. The van der Waals surface area contributed by atoms with Gasteiger partial charge in [0, 0.05) is 51.7 Å². The highest BCUT2D eigenvalue weighted by Crippen LogP contribution is 2.28. The number of methoxy groups -OCH3 is 1. The van der Waals surface area contributed by atoms with Crippen LogP contribution < -0.4 is 14.8 Å². The van der Waals surface area contributed by atoms with E-state index in [1.165, 1.54) is 0 Å². The lowest BCUT2D eigenvalue weighted by Crippen LogP contribution is -2.42. The summed E-state index contributed by atoms with van der Waals surface area (Å²) < 4.78 is 18.6. The van der Waals surface area contributed by atoms with E-state index in [-0.39, 0.29) is 6.61 Å². The first-order valence-corrected chi connectivity index (χ1v) is 9.69. The zero-order valence-corrected chi connectivity index (χ0v) is 16.4. The number of aromatic nitrogens is 2. The Hall–Kier alpha value is -2.13. The van der Waals surface area contributed by atoms with Crippen molar-refractivity contribution in [2.45, 2.75) is 19.2 Å². The molecule has 0 saturated carbocycles. The number of β-amino-alcohol motifs (C(OH)–C–C–N with tert-alkyl or cyclic N) is 1. The van der Waals surface area contributed by atoms with E-state index >= 15 is 0 Å². The standard InChI is InChI=1S/C20H30N4O4/c1-26-20-12-17(13-21-4-6-24-7-5-22-16-24)2-3-19(20)28-15-18(25)14-23-8-10-27-11-9-23/h2-3,5,7,12,16,18,21,25H,4,6,8-11,13-15H2,1H3. The Morgan fingerprint density at radius 2 is 2.14 bits per heavy atom. The summed E-state index contributed by atoms with van der Waals surface area (Å²) in [6.07, 6.45) is 4.99. The van der Waals surface area contributed by atoms with E-state index in [1.54, 1.807) is 13.3 Å². The van der Waals surface area contributed by atoms with Gasteiger partial charge in [0.2, 0.25) is 0 Å². The van der Waals surface area contributed by atoms with E-state index in [2.05, 4.69) is 15.2 Å². The van der Waals surface area contributed by atoms with Gasteiger partial charge in [0.05, 0.1) is 26.7 Å². The fraction of sp³-hybridized carbons (Fsp3) is 0.550. The summed E-state index contributed by atoms with van der Waals surface area (Å²) in [6, 6.07) is 5.87. The minimum absolute atomic E-state index is 0.232. The van der Waals surface area contributed by atoms with Gasteiger partial charge >= 0.3 is 0 Å². The average molecular weight is 390 g/mol. The summed E-state index contributed by atoms with van der Waals surface area (Å²) >= 11 is 0. The molecule has 2 heterocycles. The van der Waals surface area contributed by atoms with Gasteiger partial charge in [-0.25, -0.2) is 4.98 Å². The summed E-state index contributed by atoms with van der Waals surface area (Å²) in [5.74, 6) is 1.32. The Bertz CT molecular complexity index is 690. The largest absolute Gasteiger partial charge is 0.493 e. The maximum absolute atomic E-state index is 10.2. The Labute approximate surface area is 166 Å². The third kappa shape index (κ3) is 6.49. The molecule has 28 heavy (non-hydrogen) atoms. The van der Waals surface area contributed by atoms with Crippen molar-refractivity contribution in [2.24, 2.45) is 0 Å². The second-order valence-electron chi connectivity index (χ2n) is 6.84. The summed E-state index contributed by atoms with van der Waals surface area (Å²) in [7, 11) is 1.63. The third-order valence-corrected chi connectivity index (χ3v) is 4.67. The van der Waals surface area contributed by atoms with Crippen molar-refractivity contribution >= 4 is 0 Å². The second-order valence-corrected chi connectivity index (χ2v) is 6.84. The molecule has 1 fully saturated rings. The van der Waals surface area contributed by atoms with E-state index in [0.717, 1.165) is 51.5 Å². The number of aliphatic hydroxyl groups is 1. The topological polar surface area (TPSA) is 81.0 Å². The van der Waals surface area contributed by atoms with Crippen molar-refractivity contribution < 1.29 is 19.3 Å². The Kier molecular flexibility index (Phi) is 8.10. The van der Waals surface area contributed by atoms with Gasteiger partial charge in [0.1, 0.15) is 12.7 Å². The predicted octanol–water partition coefficient (Wildman–Crippen LogP) is 0.753. The number of benzene rings is 1. The molecule has 0 bridgehead atoms. The van der Waals surface area contributed by atoms with Gasteiger partial charge in [-0.05, 0) is 17.7 Å². The molecule has 0 amide bonds. The normalized spacial score (nSPS) is 16.1. The maximum atomic E-state index is 10.2. The monoisotopic (exact) mass is 390 g/mol. The molecular weight excluding hydrogens is 360 g/mol. The van der Waals surface area contributed by atoms with Crippen molar-refractivity contribution in [3.63, 3.8) is 0 Å². The lowest BCUT2D eigenvalue weighted by Gasteiger charge is -2.28. The molecule has 0 aliphatic carbocycles. The van der Waals surface area contributed by atoms with Crippen molar-refractivity contribution in [3.05, 3.63) is 42.5 Å². The molecule has 2 aromatic rings. The molecule has 3 rings (SSSR count). The predicted molar refractivity (Wildman–Crippen MR) is 106 cm³/mol. The molecule has 0 radical (unpaired) electrons. The first-order chi connectivity index (χ1) is 13.7. The van der Waals surface area contributed by atoms with Crippen LogP contribution in [0.4, 0.5) is 0 Å². The molecule has 1 aromatic heterocycles. The Morgan fingerprint density at radius 1 is 1.29 bits per heavy atom. The van der Waals surface area contributed by atoms with Gasteiger partial charge in [-0.15, -0.1) is 0 Å². The van der Waals surface area contributed by atoms with Crippen LogP contribution in [0.1, 0.15) is 5.56 Å². The van der Waals surface area contributed by atoms with Crippen LogP contribution in [-0.2, 0) is 17.8 Å². The molecule has 2 N–H and O–H groups in total. The van der Waals surface area contributed by atoms with Gasteiger partial charge in [-0.3, -0.25) is 4.90 Å². The van der Waals surface area contributed by atoms with Crippen LogP contribution >= 0.6 is 0 Å². The van der Waals surface area contributed by atoms with Gasteiger partial charge < -0.3 is 29.2 Å². The summed E-state index contributed by atoms with van der Waals surface area (Å²) in [4.78, 5) is 6.22. The quantitative estimate of drug-likeness (QED) is 0.548. The number of aliphatic hydroxyl groups excluding tert-OH is 1. The van der Waals surface area contributed by atoms with Crippen molar-refractivity contribution in [1.29, 1.82) is 0 Å². The number of morpholine rings is 1. The fourth-order valence-corrected chi connectivity index (χ4v) is 3.12. The maximum Gasteiger partial charge on any atom is 0.161 e. The van der Waals surface area contributed by atoms with Crippen LogP contribution in [-0.4, -0.2) is 78.8 Å². The first-order valence-electron chi connectivity index (χ1n) is 9.69. The number of hydrogen-bond acceptors (Lipinski definition) is 7. The smallest absolute Gasteiger partial charge is 0.161 e. The third-order valence-electron chi connectivity index (χ3n) is 4.67. The zero-order valence-electron chi connectivity index (χ0n) is 16.4. The van der Waals surface area contributed by atoms with Crippen LogP contribution in [0.25, 0.3) is 0 Å². The van der Waals surface area contributed by atoms with Gasteiger partial charge in [0.25, 0.3) is 0 Å². The van der Waals surface area contributed by atoms with Crippen LogP contribution in [0.2, 0.25) is 0 Å². The first kappa shape index (κ1) is 20.6. The Morgan fingerprint density at radius 3 is 2.89 bits per heavy atom. The van der Waals surface area contributed by atoms with Crippen molar-refractivity contribution in [1.82, 2.24) is 19.8 Å². The van der Waals surface area contributed by atoms with Crippen molar-refractivity contribution in [3.8, 4) is 11.5 Å². The molecule has 1 aliphatic rings. The number of imidazole rings is 1. The van der Waals surface area contributed by atoms with E-state index in [0.29, 0.717) is 18.0 Å². The average Bonchev–Trinajstić information content (AvgIpc) is 3.24. The van der Waals surface area contributed by atoms with Gasteiger partial charge in [0.15, 0.2) is 11.5 Å². The van der Waals surface area contributed by atoms with Crippen LogP contribution in [0.5, 0.6) is 11.5 Å². The number of rotatable bonds is 11. The molecule has 154 valence electrons. The lowest BCUT2D eigenvalue weighted by molar-refractivity contribution is 0.00445. The van der Waals surface area contributed by atoms with Gasteiger partial charge in [-0.2, -0.15) is 0 Å². The fourth-order valence-electron chi connectivity index (χ4n) is 3.12. The van der Waals surface area contributed by atoms with Crippen LogP contribution in [0.3, 0.4) is 0 Å². The molecule has 0 spiro atoms. The molecule has 1 aliphatic heterocycles. The Balaban J connectivity index is 1.42. The summed E-state index contributed by atoms with van der Waals surface area (Å²) in [5.41, 5.74) is 1.11. The molecule has 1 aromatic carbocycles. The molecule has 1 unspecified atom stereocenters. The molecule has 1 saturated heterocycles. The summed E-state index contributed by atoms with van der Waals surface area (Å²) in [5, 5.41) is 13.6. The van der Waals surface area contributed by atoms with Crippen molar-refractivity contribution in [2.75, 3.05) is 53.1 Å². The molecule has 8 nitrogen and oxygen atoms in total. The summed E-state index contributed by atoms with van der Waals surface area (Å²) in [6.45, 7) is 6.43. The number of hydrogen-bond donors (Lipinski definition) is 2. The van der Waals surface area contributed by atoms with E-state index < -0.39 is 6.10 Å². The minimum Gasteiger partial charge on any atom is -0.493 e. The van der Waals surface area contributed by atoms with E-state index in [9.17, 15) is 5.11 Å². The highest BCUT2D eigenvalue weighted by Gasteiger charge is 2.16. The molecular formula is C20H30N4O4. The van der Waals surface area contributed by atoms with E-state index in [4.69, 9.17) is 14.2 Å². The number of nitrogens with one attached hydrogen (secondary N) is 1. The lowest BCUT2D eigenvalue weighted by atomic mass is 10.2. The van der Waals surface area contributed by atoms with Crippen LogP contribution in [0, 0.1) is 0 Å². The highest BCUT2D eigenvalue weighted by atomic mass is 16.5. The number of ether oxygens (including phenoxy) is 3. The molecule has 8 heteroatoms. The van der Waals surface area contributed by atoms with E-state index in [1.807, 2.05) is 35.3 Å². The SMILES string of the molecule is COc1cc(CNCCn2ccnc2)ccc1OCC(O)CN1CCOCC1. The van der Waals surface area contributed by atoms with Gasteiger partial charge in [-0.1, -0.05) is 6.07 Å². The zero-order chi connectivity index (χ0) is 19.6. The van der Waals surface area contributed by atoms with Crippen LogP contribution in [0.15, 0.2) is 36.9 Å². The number of nitrogens with zero attached hydrogens (tertiary/aromatic N) is 3. The minimum atomic E-state index is -0.549.